The predicted octanol–water partition coefficient (Wildman–Crippen LogP) is 1.11. The molecule has 0 amide bonds. The monoisotopic (exact) mass is 194 g/mol. The molecule has 4 heteroatoms. The summed E-state index contributed by atoms with van der Waals surface area (Å²) in [6.07, 6.45) is 7.13. The highest BCUT2D eigenvalue weighted by Crippen LogP contribution is 2.31. The summed E-state index contributed by atoms with van der Waals surface area (Å²) >= 11 is 0. The number of aryl methyl sites for hydroxylation is 1. The highest BCUT2D eigenvalue weighted by Gasteiger charge is 2.33. The molecule has 1 aromatic heterocycles. The van der Waals surface area contributed by atoms with Gasteiger partial charge in [-0.25, -0.2) is 4.98 Å². The average molecular weight is 194 g/mol. The Hall–Kier alpha value is -0.900. The zero-order chi connectivity index (χ0) is 10.0. The van der Waals surface area contributed by atoms with Crippen LogP contribution in [0.3, 0.4) is 0 Å². The Morgan fingerprint density at radius 3 is 2.93 bits per heavy atom. The maximum atomic E-state index is 6.18. The second-order valence-corrected chi connectivity index (χ2v) is 4.29. The van der Waals surface area contributed by atoms with Crippen LogP contribution in [-0.4, -0.2) is 20.3 Å². The lowest BCUT2D eigenvalue weighted by molar-refractivity contribution is 0.240. The van der Waals surface area contributed by atoms with Crippen LogP contribution in [0.25, 0.3) is 0 Å². The van der Waals surface area contributed by atoms with E-state index in [0.717, 1.165) is 38.1 Å². The zero-order valence-corrected chi connectivity index (χ0v) is 8.74. The van der Waals surface area contributed by atoms with Gasteiger partial charge in [0.2, 0.25) is 0 Å². The van der Waals surface area contributed by atoms with Crippen LogP contribution < -0.4 is 5.73 Å². The van der Waals surface area contributed by atoms with E-state index in [9.17, 15) is 0 Å². The summed E-state index contributed by atoms with van der Waals surface area (Å²) in [5.41, 5.74) is 6.19. The van der Waals surface area contributed by atoms with E-state index in [1.54, 1.807) is 6.33 Å². The fourth-order valence-electron chi connectivity index (χ4n) is 1.95. The summed E-state index contributed by atoms with van der Waals surface area (Å²) in [6.45, 7) is 3.10. The minimum absolute atomic E-state index is 0.0124. The van der Waals surface area contributed by atoms with Gasteiger partial charge in [-0.05, 0) is 25.7 Å². The van der Waals surface area contributed by atoms with Crippen molar-refractivity contribution in [3.63, 3.8) is 0 Å². The molecule has 0 unspecified atom stereocenters. The van der Waals surface area contributed by atoms with Gasteiger partial charge in [0.1, 0.15) is 12.2 Å². The number of nitrogens with two attached hydrogens (primary N) is 1. The molecule has 1 fully saturated rings. The number of hydrogen-bond acceptors (Lipinski definition) is 3. The number of hydrogen-bond donors (Lipinski definition) is 1. The van der Waals surface area contributed by atoms with Crippen molar-refractivity contribution in [1.29, 1.82) is 0 Å². The SMILES string of the molecule is CCCn1ncnc1CC1(N)CCC1. The molecule has 0 spiro atoms. The summed E-state index contributed by atoms with van der Waals surface area (Å²) in [7, 11) is 0. The van der Waals surface area contributed by atoms with Crippen molar-refractivity contribution in [3.05, 3.63) is 12.2 Å². The molecule has 0 atom stereocenters. The van der Waals surface area contributed by atoms with Crippen LogP contribution >= 0.6 is 0 Å². The fourth-order valence-corrected chi connectivity index (χ4v) is 1.95. The Labute approximate surface area is 84.5 Å². The first-order valence-electron chi connectivity index (χ1n) is 5.39. The molecule has 1 heterocycles. The fraction of sp³-hybridized carbons (Fsp3) is 0.800. The number of aromatic nitrogens is 3. The third-order valence-corrected chi connectivity index (χ3v) is 2.99. The Morgan fingerprint density at radius 1 is 1.57 bits per heavy atom. The minimum Gasteiger partial charge on any atom is -0.325 e. The summed E-state index contributed by atoms with van der Waals surface area (Å²) in [5, 5.41) is 4.20. The quantitative estimate of drug-likeness (QED) is 0.781. The van der Waals surface area contributed by atoms with E-state index >= 15 is 0 Å². The molecule has 4 nitrogen and oxygen atoms in total. The van der Waals surface area contributed by atoms with Crippen LogP contribution in [0, 0.1) is 0 Å². The molecule has 0 radical (unpaired) electrons. The van der Waals surface area contributed by atoms with Crippen LogP contribution in [0.2, 0.25) is 0 Å². The van der Waals surface area contributed by atoms with Gasteiger partial charge in [-0.15, -0.1) is 0 Å². The third kappa shape index (κ3) is 1.80. The van der Waals surface area contributed by atoms with Gasteiger partial charge >= 0.3 is 0 Å². The first-order valence-corrected chi connectivity index (χ1v) is 5.39. The highest BCUT2D eigenvalue weighted by molar-refractivity contribution is 5.02. The molecular formula is C10H18N4. The normalized spacial score (nSPS) is 19.3. The molecule has 2 rings (SSSR count). The molecule has 0 aliphatic heterocycles. The molecule has 14 heavy (non-hydrogen) atoms. The van der Waals surface area contributed by atoms with E-state index in [2.05, 4.69) is 17.0 Å². The minimum atomic E-state index is 0.0124. The molecule has 1 aliphatic carbocycles. The summed E-state index contributed by atoms with van der Waals surface area (Å²) in [5.74, 6) is 1.05. The Balaban J connectivity index is 2.04. The lowest BCUT2D eigenvalue weighted by Crippen LogP contribution is -2.49. The molecule has 1 aromatic rings. The molecular weight excluding hydrogens is 176 g/mol. The second-order valence-electron chi connectivity index (χ2n) is 4.29. The second kappa shape index (κ2) is 3.69. The lowest BCUT2D eigenvalue weighted by Gasteiger charge is -2.37. The maximum Gasteiger partial charge on any atom is 0.138 e. The lowest BCUT2D eigenvalue weighted by atomic mass is 9.75. The smallest absolute Gasteiger partial charge is 0.138 e. The van der Waals surface area contributed by atoms with Gasteiger partial charge in [-0.2, -0.15) is 5.10 Å². The van der Waals surface area contributed by atoms with Gasteiger partial charge in [0, 0.05) is 18.5 Å². The van der Waals surface area contributed by atoms with E-state index in [4.69, 9.17) is 5.73 Å². The van der Waals surface area contributed by atoms with Crippen LogP contribution in [0.1, 0.15) is 38.4 Å². The van der Waals surface area contributed by atoms with Crippen molar-refractivity contribution in [2.75, 3.05) is 0 Å². The third-order valence-electron chi connectivity index (χ3n) is 2.99. The molecule has 0 saturated heterocycles. The van der Waals surface area contributed by atoms with Gasteiger partial charge in [-0.1, -0.05) is 6.92 Å². The van der Waals surface area contributed by atoms with Gasteiger partial charge in [0.15, 0.2) is 0 Å². The van der Waals surface area contributed by atoms with E-state index in [0.29, 0.717) is 0 Å². The van der Waals surface area contributed by atoms with Crippen LogP contribution in [-0.2, 0) is 13.0 Å². The first kappa shape index (κ1) is 9.65. The van der Waals surface area contributed by atoms with Crippen LogP contribution in [0.4, 0.5) is 0 Å². The summed E-state index contributed by atoms with van der Waals surface area (Å²) in [6, 6.07) is 0. The standard InChI is InChI=1S/C10H18N4/c1-2-6-14-9(12-8-13-14)7-10(11)4-3-5-10/h8H,2-7,11H2,1H3. The molecule has 78 valence electrons. The first-order chi connectivity index (χ1) is 6.73. The molecule has 0 bridgehead atoms. The maximum absolute atomic E-state index is 6.18. The number of nitrogens with zero attached hydrogens (tertiary/aromatic N) is 3. The molecule has 2 N–H and O–H groups in total. The topological polar surface area (TPSA) is 56.7 Å². The Kier molecular flexibility index (Phi) is 2.54. The van der Waals surface area contributed by atoms with Crippen molar-refractivity contribution >= 4 is 0 Å². The van der Waals surface area contributed by atoms with Crippen molar-refractivity contribution < 1.29 is 0 Å². The van der Waals surface area contributed by atoms with Crippen molar-refractivity contribution in [1.82, 2.24) is 14.8 Å². The summed E-state index contributed by atoms with van der Waals surface area (Å²) in [4.78, 5) is 4.27. The van der Waals surface area contributed by atoms with Gasteiger partial charge in [0.05, 0.1) is 0 Å². The van der Waals surface area contributed by atoms with Gasteiger partial charge in [-0.3, -0.25) is 4.68 Å². The molecule has 0 aromatic carbocycles. The van der Waals surface area contributed by atoms with E-state index < -0.39 is 0 Å². The number of rotatable bonds is 4. The van der Waals surface area contributed by atoms with E-state index in [1.807, 2.05) is 4.68 Å². The van der Waals surface area contributed by atoms with Gasteiger partial charge < -0.3 is 5.73 Å². The van der Waals surface area contributed by atoms with Crippen LogP contribution in [0.5, 0.6) is 0 Å². The van der Waals surface area contributed by atoms with Crippen LogP contribution in [0.15, 0.2) is 6.33 Å². The Bertz CT molecular complexity index is 301. The average Bonchev–Trinajstić information content (AvgIpc) is 2.51. The molecule has 1 saturated carbocycles. The van der Waals surface area contributed by atoms with Crippen molar-refractivity contribution in [2.24, 2.45) is 5.73 Å². The summed E-state index contributed by atoms with van der Waals surface area (Å²) < 4.78 is 1.98. The van der Waals surface area contributed by atoms with E-state index in [1.165, 1.54) is 6.42 Å². The highest BCUT2D eigenvalue weighted by atomic mass is 15.3. The largest absolute Gasteiger partial charge is 0.325 e. The molecule has 1 aliphatic rings. The van der Waals surface area contributed by atoms with Gasteiger partial charge in [0.25, 0.3) is 0 Å². The van der Waals surface area contributed by atoms with Crippen molar-refractivity contribution in [2.45, 2.75) is 51.1 Å². The zero-order valence-electron chi connectivity index (χ0n) is 8.74. The Morgan fingerprint density at radius 2 is 2.36 bits per heavy atom. The van der Waals surface area contributed by atoms with E-state index in [-0.39, 0.29) is 5.54 Å². The predicted molar refractivity (Wildman–Crippen MR) is 54.8 cm³/mol. The van der Waals surface area contributed by atoms with Crippen molar-refractivity contribution in [3.8, 4) is 0 Å².